The van der Waals surface area contributed by atoms with Crippen molar-refractivity contribution in [3.05, 3.63) is 97.2 Å². The lowest BCUT2D eigenvalue weighted by Crippen LogP contribution is -2.37. The van der Waals surface area contributed by atoms with Crippen molar-refractivity contribution < 1.29 is 42.1 Å². The first-order chi connectivity index (χ1) is 41.0. The number of hydrogen-bond donors (Lipinski definition) is 0. The van der Waals surface area contributed by atoms with E-state index in [0.29, 0.717) is 17.4 Å². The topological polar surface area (TPSA) is 111 Å². The number of phosphoric ester groups is 1. The van der Waals surface area contributed by atoms with Crippen molar-refractivity contribution in [2.75, 3.05) is 47.5 Å². The van der Waals surface area contributed by atoms with E-state index in [0.717, 1.165) is 83.5 Å². The molecule has 2 atom stereocenters. The second-order valence-electron chi connectivity index (χ2n) is 24.5. The molecule has 0 aromatic heterocycles. The summed E-state index contributed by atoms with van der Waals surface area (Å²) in [4.78, 5) is 38.1. The lowest BCUT2D eigenvalue weighted by atomic mass is 10.0. The highest BCUT2D eigenvalue weighted by molar-refractivity contribution is 7.45. The van der Waals surface area contributed by atoms with Crippen molar-refractivity contribution in [3.63, 3.8) is 0 Å². The Morgan fingerprint density at radius 1 is 0.381 bits per heavy atom. The highest BCUT2D eigenvalue weighted by Gasteiger charge is 2.22. The second-order valence-corrected chi connectivity index (χ2v) is 25.9. The molecule has 0 aliphatic heterocycles. The minimum atomic E-state index is -4.65. The number of hydrogen-bond acceptors (Lipinski definition) is 8. The summed E-state index contributed by atoms with van der Waals surface area (Å²) in [5.74, 6) is -0.828. The average molecular weight is 1190 g/mol. The lowest BCUT2D eigenvalue weighted by Gasteiger charge is -2.28. The Labute approximate surface area is 519 Å². The van der Waals surface area contributed by atoms with E-state index in [2.05, 4.69) is 111 Å². The fourth-order valence-corrected chi connectivity index (χ4v) is 10.5. The number of carbonyl (C=O) groups excluding carboxylic acids is 2. The van der Waals surface area contributed by atoms with E-state index in [4.69, 9.17) is 18.5 Å². The van der Waals surface area contributed by atoms with Crippen LogP contribution in [0.5, 0.6) is 0 Å². The third-order valence-electron chi connectivity index (χ3n) is 15.1. The summed E-state index contributed by atoms with van der Waals surface area (Å²) in [5.41, 5.74) is 0. The van der Waals surface area contributed by atoms with Gasteiger partial charge in [0, 0.05) is 12.8 Å². The van der Waals surface area contributed by atoms with Crippen molar-refractivity contribution in [2.45, 2.75) is 315 Å². The van der Waals surface area contributed by atoms with Crippen molar-refractivity contribution in [3.8, 4) is 0 Å². The van der Waals surface area contributed by atoms with Gasteiger partial charge in [-0.25, -0.2) is 0 Å². The molecule has 0 aliphatic carbocycles. The van der Waals surface area contributed by atoms with Crippen molar-refractivity contribution in [1.82, 2.24) is 0 Å². The van der Waals surface area contributed by atoms with Gasteiger partial charge in [-0.05, 0) is 96.3 Å². The van der Waals surface area contributed by atoms with E-state index in [-0.39, 0.29) is 32.0 Å². The molecule has 10 heteroatoms. The zero-order chi connectivity index (χ0) is 61.2. The second kappa shape index (κ2) is 64.4. The minimum absolute atomic E-state index is 0.0335. The van der Waals surface area contributed by atoms with Crippen LogP contribution in [-0.2, 0) is 32.7 Å². The number of allylic oxidation sites excluding steroid dienone is 16. The smallest absolute Gasteiger partial charge is 0.306 e. The largest absolute Gasteiger partial charge is 0.756 e. The number of likely N-dealkylation sites (N-methyl/N-ethyl adjacent to an activating group) is 1. The molecule has 0 bridgehead atoms. The van der Waals surface area contributed by atoms with Gasteiger partial charge in [0.25, 0.3) is 7.82 Å². The molecule has 0 N–H and O–H groups in total. The summed E-state index contributed by atoms with van der Waals surface area (Å²) in [5, 5.41) is 0. The minimum Gasteiger partial charge on any atom is -0.756 e. The van der Waals surface area contributed by atoms with E-state index >= 15 is 0 Å². The van der Waals surface area contributed by atoms with Gasteiger partial charge in [0.1, 0.15) is 19.8 Å². The average Bonchev–Trinajstić information content (AvgIpc) is 3.61. The molecule has 9 nitrogen and oxygen atoms in total. The molecule has 0 rings (SSSR count). The molecule has 0 fully saturated rings. The number of phosphoric acid groups is 1. The molecule has 0 heterocycles. The van der Waals surface area contributed by atoms with Gasteiger partial charge < -0.3 is 27.9 Å². The predicted octanol–water partition coefficient (Wildman–Crippen LogP) is 22.1. The molecule has 84 heavy (non-hydrogen) atoms. The first kappa shape index (κ1) is 80.9. The predicted molar refractivity (Wildman–Crippen MR) is 360 cm³/mol. The maximum atomic E-state index is 12.9. The first-order valence-electron chi connectivity index (χ1n) is 34.9. The van der Waals surface area contributed by atoms with Gasteiger partial charge in [-0.1, -0.05) is 297 Å². The molecule has 486 valence electrons. The van der Waals surface area contributed by atoms with Crippen LogP contribution < -0.4 is 4.89 Å². The van der Waals surface area contributed by atoms with Crippen molar-refractivity contribution in [2.24, 2.45) is 0 Å². The third kappa shape index (κ3) is 68.0. The Balaban J connectivity index is 4.05. The molecule has 0 saturated heterocycles. The number of quaternary nitrogens is 1. The SMILES string of the molecule is CC/C=C\C/C=C\C/C=C\C/C=C\C/C=C\CCCCCCCCCCCCCCCC(=O)OC(COC(=O)CCCCCCCCCCCCCCCCCC/C=C\C/C=C\C/C=C\CCCCCCC)COP(=O)([O-])OCC[N+](C)(C)C. The van der Waals surface area contributed by atoms with Gasteiger partial charge in [0.05, 0.1) is 27.7 Å². The molecule has 0 aromatic rings. The molecule has 0 spiro atoms. The van der Waals surface area contributed by atoms with Crippen LogP contribution in [0.25, 0.3) is 0 Å². The summed E-state index contributed by atoms with van der Waals surface area (Å²) in [7, 11) is 1.17. The van der Waals surface area contributed by atoms with Gasteiger partial charge in [-0.2, -0.15) is 0 Å². The summed E-state index contributed by atoms with van der Waals surface area (Å²) < 4.78 is 34.3. The molecule has 0 amide bonds. The standard InChI is InChI=1S/C74H132NO8P/c1-6-8-10-12-14-16-18-20-22-24-26-28-30-32-34-36-37-39-40-42-44-46-48-50-52-54-56-58-60-62-64-66-73(76)80-70-72(71-82-84(78,79)81-69-68-75(3,4)5)83-74(77)67-65-63-61-59-57-55-53-51-49-47-45-43-41-38-35-33-31-29-27-25-23-21-19-17-15-13-11-9-7-2/h9,11,15,17-18,20-21,23-24,26-27,29-30,32-33,35,72H,6-8,10,12-14,16,19,22,25,28,31,34,36-71H2,1-5H3/b11-9-,17-15-,20-18-,23-21-,26-24-,29-27-,32-30-,35-33-. The highest BCUT2D eigenvalue weighted by atomic mass is 31.2. The van der Waals surface area contributed by atoms with Gasteiger partial charge in [0.15, 0.2) is 6.10 Å². The van der Waals surface area contributed by atoms with E-state index in [1.54, 1.807) is 0 Å². The Morgan fingerprint density at radius 2 is 0.679 bits per heavy atom. The molecule has 2 unspecified atom stereocenters. The van der Waals surface area contributed by atoms with Crippen molar-refractivity contribution >= 4 is 19.8 Å². The quantitative estimate of drug-likeness (QED) is 0.0195. The maximum absolute atomic E-state index is 12.9. The zero-order valence-electron chi connectivity index (χ0n) is 55.3. The van der Waals surface area contributed by atoms with Gasteiger partial charge in [-0.15, -0.1) is 0 Å². The van der Waals surface area contributed by atoms with Crippen LogP contribution in [0.2, 0.25) is 0 Å². The van der Waals surface area contributed by atoms with Crippen molar-refractivity contribution in [1.29, 1.82) is 0 Å². The van der Waals surface area contributed by atoms with E-state index in [1.165, 1.54) is 193 Å². The number of esters is 2. The lowest BCUT2D eigenvalue weighted by molar-refractivity contribution is -0.870. The summed E-state index contributed by atoms with van der Waals surface area (Å²) in [6, 6.07) is 0. The summed E-state index contributed by atoms with van der Waals surface area (Å²) in [6.07, 6.45) is 89.1. The van der Waals surface area contributed by atoms with E-state index < -0.39 is 26.5 Å². The monoisotopic (exact) mass is 1190 g/mol. The van der Waals surface area contributed by atoms with Gasteiger partial charge in [-0.3, -0.25) is 14.2 Å². The fraction of sp³-hybridized carbons (Fsp3) is 0.757. The molecular formula is C74H132NO8P. The first-order valence-corrected chi connectivity index (χ1v) is 36.4. The Kier molecular flexibility index (Phi) is 62.1. The number of carbonyl (C=O) groups is 2. The summed E-state index contributed by atoms with van der Waals surface area (Å²) in [6.45, 7) is 4.14. The molecule has 0 aromatic carbocycles. The maximum Gasteiger partial charge on any atom is 0.306 e. The van der Waals surface area contributed by atoms with E-state index in [1.807, 2.05) is 21.1 Å². The van der Waals surface area contributed by atoms with Crippen LogP contribution in [0.1, 0.15) is 309 Å². The normalized spacial score (nSPS) is 13.7. The van der Waals surface area contributed by atoms with Gasteiger partial charge >= 0.3 is 11.9 Å². The number of ether oxygens (including phenoxy) is 2. The summed E-state index contributed by atoms with van der Waals surface area (Å²) >= 11 is 0. The third-order valence-corrected chi connectivity index (χ3v) is 16.1. The van der Waals surface area contributed by atoms with Crippen LogP contribution in [0.4, 0.5) is 0 Å². The number of unbranched alkanes of at least 4 members (excludes halogenated alkanes) is 34. The van der Waals surface area contributed by atoms with Gasteiger partial charge in [0.2, 0.25) is 0 Å². The van der Waals surface area contributed by atoms with Crippen LogP contribution in [0.15, 0.2) is 97.2 Å². The van der Waals surface area contributed by atoms with Crippen LogP contribution >= 0.6 is 7.82 Å². The molecule has 0 saturated carbocycles. The number of nitrogens with zero attached hydrogens (tertiary/aromatic N) is 1. The van der Waals surface area contributed by atoms with Crippen LogP contribution in [0.3, 0.4) is 0 Å². The molecular weight excluding hydrogens is 1060 g/mol. The molecule has 0 aliphatic rings. The zero-order valence-corrected chi connectivity index (χ0v) is 56.2. The Bertz CT molecular complexity index is 1740. The van der Waals surface area contributed by atoms with Crippen LogP contribution in [-0.4, -0.2) is 70.0 Å². The van der Waals surface area contributed by atoms with Crippen LogP contribution in [0, 0.1) is 0 Å². The van der Waals surface area contributed by atoms with E-state index in [9.17, 15) is 19.0 Å². The Hall–Kier alpha value is -3.07. The number of rotatable bonds is 64. The fourth-order valence-electron chi connectivity index (χ4n) is 9.75. The Morgan fingerprint density at radius 3 is 1.01 bits per heavy atom. The molecule has 0 radical (unpaired) electrons. The highest BCUT2D eigenvalue weighted by Crippen LogP contribution is 2.38.